The fourth-order valence-corrected chi connectivity index (χ4v) is 13.8. The molecule has 3 saturated heterocycles. The van der Waals surface area contributed by atoms with Gasteiger partial charge in [-0.2, -0.15) is 13.2 Å². The number of hydrogen-bond acceptors (Lipinski definition) is 13. The Hall–Kier alpha value is -7.73. The summed E-state index contributed by atoms with van der Waals surface area (Å²) >= 11 is 6.12. The number of benzene rings is 1. The lowest BCUT2D eigenvalue weighted by Gasteiger charge is -2.40. The van der Waals surface area contributed by atoms with Crippen molar-refractivity contribution in [3.05, 3.63) is 34.3 Å². The van der Waals surface area contributed by atoms with Crippen LogP contribution < -0.4 is 16.0 Å². The molecule has 0 radical (unpaired) electrons. The summed E-state index contributed by atoms with van der Waals surface area (Å²) in [6, 6.07) is -9.11. The van der Waals surface area contributed by atoms with Crippen LogP contribution in [-0.2, 0) is 74.9 Å². The molecule has 26 nitrogen and oxygen atoms in total. The molecular weight excluding hydrogens is 1360 g/mol. The Bertz CT molecular complexity index is 3200. The van der Waals surface area contributed by atoms with Crippen molar-refractivity contribution in [2.45, 2.75) is 205 Å². The molecule has 3 N–H and O–H groups in total. The molecule has 4 aliphatic rings. The number of nitrogens with zero attached hydrogens (tertiary/aromatic N) is 10. The van der Waals surface area contributed by atoms with Crippen LogP contribution in [-0.4, -0.2) is 282 Å². The number of aryl methyl sites for hydroxylation is 1. The van der Waals surface area contributed by atoms with Crippen LogP contribution in [0.15, 0.2) is 18.2 Å². The second kappa shape index (κ2) is 37.1. The molecule has 0 unspecified atom stereocenters. The first-order valence-corrected chi connectivity index (χ1v) is 35.6. The number of hydrogen-bond donors (Lipinski definition) is 3. The molecule has 102 heavy (non-hydrogen) atoms. The van der Waals surface area contributed by atoms with E-state index in [1.807, 2.05) is 0 Å². The van der Waals surface area contributed by atoms with E-state index in [9.17, 15) is 65.1 Å². The molecule has 13 amide bonds. The van der Waals surface area contributed by atoms with Gasteiger partial charge in [-0.3, -0.25) is 62.3 Å². The first-order valence-electron chi connectivity index (χ1n) is 35.3. The Labute approximate surface area is 600 Å². The second-order valence-corrected chi connectivity index (χ2v) is 29.5. The summed E-state index contributed by atoms with van der Waals surface area (Å²) in [4.78, 5) is 201. The van der Waals surface area contributed by atoms with Crippen molar-refractivity contribution in [2.75, 3.05) is 102 Å². The molecule has 1 aliphatic carbocycles. The fourth-order valence-electron chi connectivity index (χ4n) is 13.4. The summed E-state index contributed by atoms with van der Waals surface area (Å²) in [6.07, 6.45) is -0.728. The lowest BCUT2D eigenvalue weighted by atomic mass is 9.84. The molecule has 0 bridgehead atoms. The molecule has 9 atom stereocenters. The van der Waals surface area contributed by atoms with Gasteiger partial charge < -0.3 is 64.9 Å². The van der Waals surface area contributed by atoms with Gasteiger partial charge >= 0.3 is 6.18 Å². The first-order chi connectivity index (χ1) is 47.5. The molecule has 5 rings (SSSR count). The van der Waals surface area contributed by atoms with Gasteiger partial charge in [0, 0.05) is 69.5 Å². The zero-order chi connectivity index (χ0) is 76.7. The number of piperidine rings is 1. The summed E-state index contributed by atoms with van der Waals surface area (Å²) in [5, 5.41) is 7.30. The Balaban J connectivity index is 1.66. The highest BCUT2D eigenvalue weighted by Gasteiger charge is 2.49. The molecule has 0 aromatic heterocycles. The van der Waals surface area contributed by atoms with E-state index in [1.54, 1.807) is 41.5 Å². The lowest BCUT2D eigenvalue weighted by molar-refractivity contribution is -0.168. The number of carbonyl (C=O) groups is 13. The van der Waals surface area contributed by atoms with Crippen molar-refractivity contribution in [2.24, 2.45) is 23.7 Å². The number of carbonyl (C=O) groups excluding carboxylic acids is 13. The van der Waals surface area contributed by atoms with Crippen LogP contribution in [0.25, 0.3) is 0 Å². The number of likely N-dealkylation sites (N-methyl/N-ethyl adjacent to an activating group) is 8. The molecule has 1 aromatic rings. The summed E-state index contributed by atoms with van der Waals surface area (Å²) in [7, 11) is 10.3. The van der Waals surface area contributed by atoms with Gasteiger partial charge in [0.25, 0.3) is 5.92 Å². The zero-order valence-electron chi connectivity index (χ0n) is 61.8. The minimum Gasteiger partial charge on any atom is -0.343 e. The Morgan fingerprint density at radius 2 is 1.20 bits per heavy atom. The van der Waals surface area contributed by atoms with Crippen molar-refractivity contribution in [1.82, 2.24) is 64.9 Å². The number of alkyl halides is 5. The Kier molecular flexibility index (Phi) is 30.9. The summed E-state index contributed by atoms with van der Waals surface area (Å²) in [5.41, 5.74) is -1.01. The van der Waals surface area contributed by atoms with Gasteiger partial charge in [-0.15, -0.1) is 0 Å². The van der Waals surface area contributed by atoms with E-state index in [2.05, 4.69) is 16.0 Å². The number of likely N-dealkylation sites (tertiary alicyclic amines) is 2. The number of nitrogens with one attached hydrogen (secondary N) is 3. The number of amides is 13. The van der Waals surface area contributed by atoms with Crippen molar-refractivity contribution in [3.63, 3.8) is 0 Å². The van der Waals surface area contributed by atoms with Crippen molar-refractivity contribution in [3.8, 4) is 0 Å². The van der Waals surface area contributed by atoms with Gasteiger partial charge in [-0.1, -0.05) is 97.7 Å². The van der Waals surface area contributed by atoms with Gasteiger partial charge in [0.05, 0.1) is 56.2 Å². The third-order valence-corrected chi connectivity index (χ3v) is 20.7. The quantitative estimate of drug-likeness (QED) is 0.233. The van der Waals surface area contributed by atoms with Crippen LogP contribution >= 0.6 is 11.6 Å². The predicted octanol–water partition coefficient (Wildman–Crippen LogP) is 4.28. The van der Waals surface area contributed by atoms with Crippen molar-refractivity contribution in [1.29, 1.82) is 0 Å². The van der Waals surface area contributed by atoms with Gasteiger partial charge in [0.15, 0.2) is 0 Å². The highest BCUT2D eigenvalue weighted by Crippen LogP contribution is 2.36. The van der Waals surface area contributed by atoms with Gasteiger partial charge in [-0.25, -0.2) is 8.78 Å². The highest BCUT2D eigenvalue weighted by atomic mass is 35.5. The lowest BCUT2D eigenvalue weighted by Crippen LogP contribution is -2.63. The van der Waals surface area contributed by atoms with E-state index in [1.165, 1.54) is 66.1 Å². The molecule has 4 fully saturated rings. The van der Waals surface area contributed by atoms with Crippen LogP contribution in [0.3, 0.4) is 0 Å². The predicted molar refractivity (Wildman–Crippen MR) is 368 cm³/mol. The normalized spacial score (nSPS) is 25.8. The van der Waals surface area contributed by atoms with E-state index in [0.29, 0.717) is 45.2 Å². The van der Waals surface area contributed by atoms with E-state index in [-0.39, 0.29) is 30.7 Å². The minimum absolute atomic E-state index is 0.0566. The van der Waals surface area contributed by atoms with Crippen LogP contribution in [0.4, 0.5) is 22.0 Å². The fraction of sp³-hybridized carbons (Fsp3) is 0.729. The zero-order valence-corrected chi connectivity index (χ0v) is 62.5. The Morgan fingerprint density at radius 3 is 1.75 bits per heavy atom. The monoisotopic (exact) mass is 1470 g/mol. The van der Waals surface area contributed by atoms with E-state index >= 15 is 19.2 Å². The number of halogens is 6. The average Bonchev–Trinajstić information content (AvgIpc) is 0.805. The molecule has 3 heterocycles. The van der Waals surface area contributed by atoms with Gasteiger partial charge in [0.1, 0.15) is 48.3 Å². The van der Waals surface area contributed by atoms with Crippen LogP contribution in [0.5, 0.6) is 0 Å². The minimum atomic E-state index is -4.85. The van der Waals surface area contributed by atoms with Crippen LogP contribution in [0.2, 0.25) is 5.02 Å². The summed E-state index contributed by atoms with van der Waals surface area (Å²) < 4.78 is 70.5. The number of rotatable bonds is 13. The van der Waals surface area contributed by atoms with Gasteiger partial charge in [0.2, 0.25) is 76.8 Å². The molecule has 32 heteroatoms. The van der Waals surface area contributed by atoms with Crippen molar-refractivity contribution < 1.29 is 84.3 Å². The average molecular weight is 1470 g/mol. The molecule has 1 aromatic carbocycles. The SMILES string of the molecule is CC[C@H](C)[C@@H]1NC(=O)[C@H](C)N(C)C(=O)C[C@@H](C(=O)N2CCCCC2)N(C)C(=O)[C@H](C(C)C)N(C)C(=O)[C@H](CC(C)C)NC(=O)[C@H](CC(=O)N2CC(F)(F)C2)N(C)C(=O)[C@H](CCc2ccc(C(F)(F)F)c(Cl)c2)NC(=O)CN(C)C(=O)[C@H](CC2CCCCC2)N(C)C(=O)CN(C)C(=O)CN(C)C1=O. The van der Waals surface area contributed by atoms with Gasteiger partial charge in [-0.05, 0) is 93.2 Å². The van der Waals surface area contributed by atoms with E-state index < -0.39 is 218 Å². The Morgan fingerprint density at radius 1 is 0.618 bits per heavy atom. The second-order valence-electron chi connectivity index (χ2n) is 29.1. The topological polar surface area (TPSA) is 290 Å². The summed E-state index contributed by atoms with van der Waals surface area (Å²) in [6.45, 7) is 8.13. The third kappa shape index (κ3) is 22.6. The molecule has 572 valence electrons. The van der Waals surface area contributed by atoms with Crippen molar-refractivity contribution >= 4 is 88.4 Å². The molecule has 1 saturated carbocycles. The highest BCUT2D eigenvalue weighted by molar-refractivity contribution is 6.31. The largest absolute Gasteiger partial charge is 0.417 e. The van der Waals surface area contributed by atoms with Crippen LogP contribution in [0.1, 0.15) is 149 Å². The van der Waals surface area contributed by atoms with E-state index in [0.717, 1.165) is 90.1 Å². The molecule has 3 aliphatic heterocycles. The maximum atomic E-state index is 15.3. The molecular formula is C70H107ClF5N13O13. The van der Waals surface area contributed by atoms with Crippen LogP contribution in [0, 0.1) is 23.7 Å². The first kappa shape index (κ1) is 84.9. The summed E-state index contributed by atoms with van der Waals surface area (Å²) in [5.74, 6) is -15.9. The van der Waals surface area contributed by atoms with E-state index in [4.69, 9.17) is 11.6 Å². The smallest absolute Gasteiger partial charge is 0.343 e. The third-order valence-electron chi connectivity index (χ3n) is 20.3. The maximum absolute atomic E-state index is 15.3. The standard InChI is InChI=1S/C70H107ClF5N13O13/c1-16-43(6)59-67(101)82(10)37-57(93)80(8)38-58(94)84(12)52(33-45-23-19-17-20-24-45)65(99)81(9)36-54(90)77-49(28-26-46-25-27-47(48(71)32-46)70(74,75)76)63(97)85(13)51(34-56(92)89-39-69(72,73)40-89)62(96)78-50(31-41(2)3)64(98)87(15)60(42(4)5)68(102)86(14)53(66(100)88-29-21-18-22-30-88)35-55(91)83(11)44(7)61(95)79-59/h25,27,32,41-45,49-53,59-60H,16-24,26,28-31,33-40H2,1-15H3,(H,77,90)(H,78,96)(H,79,95)/t43-,44-,49-,50-,51-,52-,53-,59-,60-/m0/s1. The molecule has 0 spiro atoms. The maximum Gasteiger partial charge on any atom is 0.417 e.